The standard InChI is InChI=1S/C15H24/c1-12(2)9-14(4)7-11-6-13(3)5-10(12)8-15(11,13)14/h10-11H,5-9H2,1-4H3. The second-order valence-electron chi connectivity index (χ2n) is 8.47. The van der Waals surface area contributed by atoms with E-state index in [9.17, 15) is 0 Å². The Kier molecular flexibility index (Phi) is 1.17. The highest BCUT2D eigenvalue weighted by atomic mass is 14.9. The number of hydrogen-bond acceptors (Lipinski definition) is 0. The molecule has 0 aliphatic heterocycles. The Morgan fingerprint density at radius 3 is 2.00 bits per heavy atom. The first-order valence-electron chi connectivity index (χ1n) is 6.83. The average molecular weight is 204 g/mol. The molecule has 0 N–H and O–H groups in total. The summed E-state index contributed by atoms with van der Waals surface area (Å²) in [5.74, 6) is 2.18. The first-order chi connectivity index (χ1) is 6.83. The fraction of sp³-hybridized carbons (Fsp3) is 1.00. The molecule has 2 bridgehead atoms. The van der Waals surface area contributed by atoms with E-state index in [1.807, 2.05) is 0 Å². The van der Waals surface area contributed by atoms with E-state index in [1.54, 1.807) is 25.7 Å². The Bertz CT molecular complexity index is 355. The largest absolute Gasteiger partial charge is 0.0596 e. The van der Waals surface area contributed by atoms with E-state index < -0.39 is 0 Å². The van der Waals surface area contributed by atoms with Crippen molar-refractivity contribution in [1.29, 1.82) is 0 Å². The molecule has 4 rings (SSSR count). The summed E-state index contributed by atoms with van der Waals surface area (Å²) in [4.78, 5) is 0. The van der Waals surface area contributed by atoms with Crippen LogP contribution in [0.15, 0.2) is 0 Å². The molecule has 0 saturated heterocycles. The summed E-state index contributed by atoms with van der Waals surface area (Å²) in [5, 5.41) is 0. The van der Waals surface area contributed by atoms with Crippen molar-refractivity contribution in [1.82, 2.24) is 0 Å². The smallest absolute Gasteiger partial charge is 0.0158 e. The fourth-order valence-corrected chi connectivity index (χ4v) is 7.19. The summed E-state index contributed by atoms with van der Waals surface area (Å²) < 4.78 is 0. The van der Waals surface area contributed by atoms with Gasteiger partial charge in [-0.2, -0.15) is 0 Å². The van der Waals surface area contributed by atoms with E-state index in [2.05, 4.69) is 27.7 Å². The molecule has 1 spiro atoms. The lowest BCUT2D eigenvalue weighted by Gasteiger charge is -2.79. The predicted molar refractivity (Wildman–Crippen MR) is 62.5 cm³/mol. The summed E-state index contributed by atoms with van der Waals surface area (Å²) in [5.41, 5.74) is 2.93. The molecular weight excluding hydrogens is 180 g/mol. The fourth-order valence-electron chi connectivity index (χ4n) is 7.19. The van der Waals surface area contributed by atoms with Crippen molar-refractivity contribution in [2.75, 3.05) is 0 Å². The van der Waals surface area contributed by atoms with Gasteiger partial charge in [0.1, 0.15) is 0 Å². The van der Waals surface area contributed by atoms with Crippen LogP contribution in [0.4, 0.5) is 0 Å². The molecule has 4 aliphatic carbocycles. The molecule has 0 heterocycles. The van der Waals surface area contributed by atoms with E-state index in [4.69, 9.17) is 0 Å². The Balaban J connectivity index is 1.88. The van der Waals surface area contributed by atoms with E-state index >= 15 is 0 Å². The molecule has 0 aromatic carbocycles. The Hall–Kier alpha value is 0. The molecular formula is C15H24. The summed E-state index contributed by atoms with van der Waals surface area (Å²) >= 11 is 0. The van der Waals surface area contributed by atoms with Crippen LogP contribution in [-0.2, 0) is 0 Å². The highest BCUT2D eigenvalue weighted by Gasteiger charge is 2.82. The minimum Gasteiger partial charge on any atom is -0.0596 e. The number of rotatable bonds is 0. The van der Waals surface area contributed by atoms with Crippen LogP contribution >= 0.6 is 0 Å². The topological polar surface area (TPSA) is 0 Å². The lowest BCUT2D eigenvalue weighted by Crippen LogP contribution is -2.71. The van der Waals surface area contributed by atoms with Crippen molar-refractivity contribution in [3.63, 3.8) is 0 Å². The van der Waals surface area contributed by atoms with Crippen molar-refractivity contribution < 1.29 is 0 Å². The van der Waals surface area contributed by atoms with Crippen LogP contribution in [0.5, 0.6) is 0 Å². The van der Waals surface area contributed by atoms with Crippen LogP contribution in [-0.4, -0.2) is 0 Å². The maximum atomic E-state index is 2.62. The normalized spacial score (nSPS) is 68.0. The Morgan fingerprint density at radius 2 is 1.33 bits per heavy atom. The van der Waals surface area contributed by atoms with Gasteiger partial charge in [0.2, 0.25) is 0 Å². The zero-order chi connectivity index (χ0) is 10.7. The zero-order valence-electron chi connectivity index (χ0n) is 10.7. The van der Waals surface area contributed by atoms with Gasteiger partial charge >= 0.3 is 0 Å². The maximum absolute atomic E-state index is 2.62. The Labute approximate surface area is 93.8 Å². The van der Waals surface area contributed by atoms with Gasteiger partial charge in [-0.15, -0.1) is 0 Å². The minimum atomic E-state index is 0.630. The van der Waals surface area contributed by atoms with Crippen molar-refractivity contribution >= 4 is 0 Å². The minimum absolute atomic E-state index is 0.630. The van der Waals surface area contributed by atoms with E-state index in [0.29, 0.717) is 5.41 Å². The predicted octanol–water partition coefficient (Wildman–Crippen LogP) is 4.25. The molecule has 15 heavy (non-hydrogen) atoms. The zero-order valence-corrected chi connectivity index (χ0v) is 10.7. The van der Waals surface area contributed by atoms with Gasteiger partial charge in [-0.3, -0.25) is 0 Å². The van der Waals surface area contributed by atoms with Gasteiger partial charge in [0.25, 0.3) is 0 Å². The highest BCUT2D eigenvalue weighted by molar-refractivity contribution is 5.31. The van der Waals surface area contributed by atoms with E-state index in [1.165, 1.54) is 6.42 Å². The molecule has 4 aliphatic rings. The van der Waals surface area contributed by atoms with Crippen LogP contribution < -0.4 is 0 Å². The molecule has 0 radical (unpaired) electrons. The number of fused-ring (bicyclic) bond motifs is 1. The van der Waals surface area contributed by atoms with Crippen molar-refractivity contribution in [3.05, 3.63) is 0 Å². The van der Waals surface area contributed by atoms with Crippen molar-refractivity contribution in [2.24, 2.45) is 33.5 Å². The Morgan fingerprint density at radius 1 is 0.733 bits per heavy atom. The second kappa shape index (κ2) is 1.93. The van der Waals surface area contributed by atoms with Gasteiger partial charge in [-0.25, -0.2) is 0 Å². The van der Waals surface area contributed by atoms with Crippen LogP contribution in [0.3, 0.4) is 0 Å². The van der Waals surface area contributed by atoms with Gasteiger partial charge in [0, 0.05) is 0 Å². The molecule has 0 amide bonds. The number of hydrogen-bond donors (Lipinski definition) is 0. The van der Waals surface area contributed by atoms with E-state index in [0.717, 1.165) is 28.1 Å². The molecule has 4 fully saturated rings. The van der Waals surface area contributed by atoms with Gasteiger partial charge in [0.05, 0.1) is 0 Å². The van der Waals surface area contributed by atoms with Crippen molar-refractivity contribution in [3.8, 4) is 0 Å². The third-order valence-electron chi connectivity index (χ3n) is 7.46. The van der Waals surface area contributed by atoms with Crippen molar-refractivity contribution in [2.45, 2.75) is 59.8 Å². The summed E-state index contributed by atoms with van der Waals surface area (Å²) in [6.45, 7) is 10.3. The van der Waals surface area contributed by atoms with E-state index in [-0.39, 0.29) is 0 Å². The van der Waals surface area contributed by atoms with Gasteiger partial charge in [-0.1, -0.05) is 27.7 Å². The quantitative estimate of drug-likeness (QED) is 0.553. The maximum Gasteiger partial charge on any atom is -0.0158 e. The molecule has 0 aromatic rings. The molecule has 0 aromatic heterocycles. The summed E-state index contributed by atoms with van der Waals surface area (Å²) in [6, 6.07) is 0. The first kappa shape index (κ1) is 9.07. The van der Waals surface area contributed by atoms with Gasteiger partial charge in [-0.05, 0) is 65.6 Å². The van der Waals surface area contributed by atoms with Gasteiger partial charge < -0.3 is 0 Å². The molecule has 5 unspecified atom stereocenters. The lowest BCUT2D eigenvalue weighted by molar-refractivity contribution is -0.303. The third kappa shape index (κ3) is 0.643. The van der Waals surface area contributed by atoms with Crippen LogP contribution in [0, 0.1) is 33.5 Å². The summed E-state index contributed by atoms with van der Waals surface area (Å²) in [7, 11) is 0. The average Bonchev–Trinajstić information content (AvgIpc) is 2.35. The molecule has 0 nitrogen and oxygen atoms in total. The molecule has 0 heteroatoms. The van der Waals surface area contributed by atoms with Crippen LogP contribution in [0.25, 0.3) is 0 Å². The third-order valence-corrected chi connectivity index (χ3v) is 7.46. The first-order valence-corrected chi connectivity index (χ1v) is 6.83. The lowest BCUT2D eigenvalue weighted by atomic mass is 9.26. The molecule has 5 atom stereocenters. The van der Waals surface area contributed by atoms with Crippen LogP contribution in [0.2, 0.25) is 0 Å². The highest BCUT2D eigenvalue weighted by Crippen LogP contribution is 2.90. The van der Waals surface area contributed by atoms with Gasteiger partial charge in [0.15, 0.2) is 0 Å². The second-order valence-corrected chi connectivity index (χ2v) is 8.47. The monoisotopic (exact) mass is 204 g/mol. The summed E-state index contributed by atoms with van der Waals surface area (Å²) in [6.07, 6.45) is 7.76. The molecule has 84 valence electrons. The SMILES string of the molecule is CC1(C)CC2(C)CC3CC4(C)CC1CC342. The van der Waals surface area contributed by atoms with Crippen LogP contribution in [0.1, 0.15) is 59.8 Å². The molecule has 4 saturated carbocycles.